The molecule has 146 valence electrons. The van der Waals surface area contributed by atoms with Crippen LogP contribution in [0, 0.1) is 0 Å². The van der Waals surface area contributed by atoms with E-state index >= 15 is 0 Å². The van der Waals surface area contributed by atoms with Gasteiger partial charge in [0, 0.05) is 32.6 Å². The van der Waals surface area contributed by atoms with Gasteiger partial charge in [0.25, 0.3) is 5.91 Å². The Kier molecular flexibility index (Phi) is 6.45. The summed E-state index contributed by atoms with van der Waals surface area (Å²) < 4.78 is 30.8. The third-order valence-electron chi connectivity index (χ3n) is 5.10. The fraction of sp³-hybridized carbons (Fsp3) is 0.450. The highest BCUT2D eigenvalue weighted by Crippen LogP contribution is 2.19. The van der Waals surface area contributed by atoms with Crippen LogP contribution in [0.2, 0.25) is 0 Å². The van der Waals surface area contributed by atoms with E-state index in [0.29, 0.717) is 25.6 Å². The van der Waals surface area contributed by atoms with Crippen LogP contribution in [0.1, 0.15) is 30.1 Å². The Bertz CT molecular complexity index is 746. The number of carbonyl (C=O) groups excluding carboxylic acids is 1. The van der Waals surface area contributed by atoms with Crippen molar-refractivity contribution < 1.29 is 23.2 Å². The maximum atomic E-state index is 12.3. The van der Waals surface area contributed by atoms with E-state index in [4.69, 9.17) is 0 Å². The molecule has 2 atom stereocenters. The van der Waals surface area contributed by atoms with Gasteiger partial charge in [0.05, 0.1) is 12.2 Å². The van der Waals surface area contributed by atoms with Gasteiger partial charge in [0.15, 0.2) is 6.54 Å². The number of carbonyl (C=O) groups is 1. The summed E-state index contributed by atoms with van der Waals surface area (Å²) in [5, 5.41) is 2.97. The van der Waals surface area contributed by atoms with Crippen LogP contribution in [0.3, 0.4) is 0 Å². The molecule has 2 heterocycles. The number of aromatic nitrogens is 1. The first-order valence-electron chi connectivity index (χ1n) is 9.29. The van der Waals surface area contributed by atoms with Crippen molar-refractivity contribution in [3.05, 3.63) is 53.9 Å². The summed E-state index contributed by atoms with van der Waals surface area (Å²) in [6.07, 6.45) is 4.93. The standard InChI is InChI=1S/C20H25F2N3O2/c1-24-12-2-4-17(24)18-5-3-13-25(18)14-19(26)23-11-10-15-6-8-16(9-7-15)27-20(21)22/h2,4,6-9,12,18,20H,3,5,10-11,13-14H2,1H3,(H,23,26)/p+1/t18-/m1/s1. The molecular weight excluding hydrogens is 352 g/mol. The summed E-state index contributed by atoms with van der Waals surface area (Å²) >= 11 is 0. The Morgan fingerprint density at radius 3 is 2.78 bits per heavy atom. The summed E-state index contributed by atoms with van der Waals surface area (Å²) in [6, 6.07) is 11.1. The molecule has 1 saturated heterocycles. The lowest BCUT2D eigenvalue weighted by atomic mass is 10.1. The smallest absolute Gasteiger partial charge is 0.387 e. The molecule has 2 aromatic rings. The van der Waals surface area contributed by atoms with Crippen molar-refractivity contribution >= 4 is 5.91 Å². The van der Waals surface area contributed by atoms with Crippen LogP contribution in [-0.2, 0) is 18.3 Å². The van der Waals surface area contributed by atoms with Crippen molar-refractivity contribution in [1.29, 1.82) is 0 Å². The van der Waals surface area contributed by atoms with Gasteiger partial charge in [-0.1, -0.05) is 12.1 Å². The Morgan fingerprint density at radius 2 is 2.11 bits per heavy atom. The maximum absolute atomic E-state index is 12.3. The zero-order valence-corrected chi connectivity index (χ0v) is 15.5. The fourth-order valence-electron chi connectivity index (χ4n) is 3.77. The van der Waals surface area contributed by atoms with Gasteiger partial charge in [-0.3, -0.25) is 4.79 Å². The van der Waals surface area contributed by atoms with Gasteiger partial charge in [-0.2, -0.15) is 8.78 Å². The van der Waals surface area contributed by atoms with E-state index in [2.05, 4.69) is 20.7 Å². The van der Waals surface area contributed by atoms with Crippen molar-refractivity contribution in [1.82, 2.24) is 9.88 Å². The van der Waals surface area contributed by atoms with Crippen LogP contribution in [0.5, 0.6) is 5.75 Å². The summed E-state index contributed by atoms with van der Waals surface area (Å²) in [6.45, 7) is -0.815. The lowest BCUT2D eigenvalue weighted by Crippen LogP contribution is -3.11. The van der Waals surface area contributed by atoms with E-state index in [9.17, 15) is 13.6 Å². The van der Waals surface area contributed by atoms with E-state index in [0.717, 1.165) is 24.9 Å². The zero-order valence-electron chi connectivity index (χ0n) is 15.5. The van der Waals surface area contributed by atoms with Gasteiger partial charge in [-0.05, 0) is 36.2 Å². The first-order chi connectivity index (χ1) is 13.0. The molecule has 1 aliphatic heterocycles. The van der Waals surface area contributed by atoms with Crippen molar-refractivity contribution in [3.63, 3.8) is 0 Å². The van der Waals surface area contributed by atoms with Crippen molar-refractivity contribution in [2.75, 3.05) is 19.6 Å². The molecule has 1 aromatic heterocycles. The number of aryl methyl sites for hydroxylation is 1. The molecule has 0 radical (unpaired) electrons. The van der Waals surface area contributed by atoms with E-state index < -0.39 is 6.61 Å². The minimum Gasteiger partial charge on any atom is -0.435 e. The normalized spacial score (nSPS) is 19.4. The quantitative estimate of drug-likeness (QED) is 0.735. The van der Waals surface area contributed by atoms with Crippen LogP contribution in [0.4, 0.5) is 8.78 Å². The van der Waals surface area contributed by atoms with Crippen LogP contribution in [0.25, 0.3) is 0 Å². The number of nitrogens with one attached hydrogen (secondary N) is 2. The average Bonchev–Trinajstić information content (AvgIpc) is 3.24. The number of rotatable bonds is 8. The molecule has 1 unspecified atom stereocenters. The van der Waals surface area contributed by atoms with Gasteiger partial charge in [0.2, 0.25) is 0 Å². The van der Waals surface area contributed by atoms with Crippen molar-refractivity contribution in [2.45, 2.75) is 31.9 Å². The number of nitrogens with zero attached hydrogens (tertiary/aromatic N) is 1. The largest absolute Gasteiger partial charge is 0.435 e. The highest BCUT2D eigenvalue weighted by atomic mass is 19.3. The number of hydrogen-bond acceptors (Lipinski definition) is 2. The van der Waals surface area contributed by atoms with Crippen LogP contribution >= 0.6 is 0 Å². The Hall–Kier alpha value is -2.41. The molecule has 2 N–H and O–H groups in total. The number of benzene rings is 1. The second-order valence-electron chi connectivity index (χ2n) is 6.95. The SMILES string of the molecule is Cn1cccc1[C@H]1CCC[NH+]1CC(=O)NCCc1ccc(OC(F)F)cc1. The topological polar surface area (TPSA) is 47.7 Å². The highest BCUT2D eigenvalue weighted by Gasteiger charge is 2.32. The molecule has 5 nitrogen and oxygen atoms in total. The predicted octanol–water partition coefficient (Wildman–Crippen LogP) is 1.71. The van der Waals surface area contributed by atoms with Crippen LogP contribution < -0.4 is 15.0 Å². The first kappa shape index (κ1) is 19.4. The molecule has 7 heteroatoms. The Balaban J connectivity index is 1.44. The molecule has 0 spiro atoms. The summed E-state index contributed by atoms with van der Waals surface area (Å²) in [7, 11) is 2.04. The monoisotopic (exact) mass is 378 g/mol. The summed E-state index contributed by atoms with van der Waals surface area (Å²) in [4.78, 5) is 13.6. The lowest BCUT2D eigenvalue weighted by molar-refractivity contribution is -0.911. The number of alkyl halides is 2. The van der Waals surface area contributed by atoms with E-state index in [1.165, 1.54) is 22.7 Å². The fourth-order valence-corrected chi connectivity index (χ4v) is 3.77. The van der Waals surface area contributed by atoms with E-state index in [1.54, 1.807) is 12.1 Å². The van der Waals surface area contributed by atoms with Gasteiger partial charge in [-0.25, -0.2) is 0 Å². The average molecular weight is 378 g/mol. The van der Waals surface area contributed by atoms with Crippen molar-refractivity contribution in [3.8, 4) is 5.75 Å². The molecule has 1 amide bonds. The van der Waals surface area contributed by atoms with Gasteiger partial charge < -0.3 is 19.5 Å². The molecule has 3 rings (SSSR count). The number of quaternary nitrogens is 1. The highest BCUT2D eigenvalue weighted by molar-refractivity contribution is 5.76. The molecule has 0 aliphatic carbocycles. The van der Waals surface area contributed by atoms with Gasteiger partial charge in [-0.15, -0.1) is 0 Å². The summed E-state index contributed by atoms with van der Waals surface area (Å²) in [5.41, 5.74) is 2.24. The number of likely N-dealkylation sites (tertiary alicyclic amines) is 1. The van der Waals surface area contributed by atoms with E-state index in [-0.39, 0.29) is 11.7 Å². The molecule has 1 aromatic carbocycles. The van der Waals surface area contributed by atoms with Gasteiger partial charge in [0.1, 0.15) is 11.8 Å². The zero-order chi connectivity index (χ0) is 19.2. The minimum absolute atomic E-state index is 0.0452. The molecule has 0 saturated carbocycles. The first-order valence-corrected chi connectivity index (χ1v) is 9.29. The Labute approximate surface area is 157 Å². The third-order valence-corrected chi connectivity index (χ3v) is 5.10. The maximum Gasteiger partial charge on any atom is 0.387 e. The van der Waals surface area contributed by atoms with Gasteiger partial charge >= 0.3 is 6.61 Å². The molecule has 1 fully saturated rings. The van der Waals surface area contributed by atoms with Crippen molar-refractivity contribution in [2.24, 2.45) is 7.05 Å². The molecule has 1 aliphatic rings. The molecule has 27 heavy (non-hydrogen) atoms. The third kappa shape index (κ3) is 5.29. The lowest BCUT2D eigenvalue weighted by Gasteiger charge is -2.21. The second kappa shape index (κ2) is 8.99. The number of ether oxygens (including phenoxy) is 1. The van der Waals surface area contributed by atoms with Crippen LogP contribution in [0.15, 0.2) is 42.6 Å². The number of halogens is 2. The number of hydrogen-bond donors (Lipinski definition) is 2. The predicted molar refractivity (Wildman–Crippen MR) is 97.9 cm³/mol. The van der Waals surface area contributed by atoms with Crippen LogP contribution in [-0.4, -0.2) is 36.7 Å². The summed E-state index contributed by atoms with van der Waals surface area (Å²) in [5.74, 6) is 0.186. The number of amides is 1. The molecular formula is C20H26F2N3O2+. The van der Waals surface area contributed by atoms with E-state index in [1.807, 2.05) is 19.3 Å². The molecule has 0 bridgehead atoms. The minimum atomic E-state index is -2.82. The Morgan fingerprint density at radius 1 is 1.33 bits per heavy atom. The second-order valence-corrected chi connectivity index (χ2v) is 6.95.